The summed E-state index contributed by atoms with van der Waals surface area (Å²) in [6.45, 7) is 1.05. The van der Waals surface area contributed by atoms with E-state index in [1.165, 1.54) is 23.5 Å². The predicted molar refractivity (Wildman–Crippen MR) is 89.5 cm³/mol. The molecule has 2 heterocycles. The Morgan fingerprint density at radius 3 is 2.71 bits per heavy atom. The van der Waals surface area contributed by atoms with Crippen molar-refractivity contribution in [1.82, 2.24) is 9.88 Å². The third kappa shape index (κ3) is 2.93. The molecule has 0 atom stereocenters. The Bertz CT molecular complexity index is 619. The van der Waals surface area contributed by atoms with E-state index in [4.69, 9.17) is 10.4 Å². The highest BCUT2D eigenvalue weighted by Gasteiger charge is 2.14. The maximum Gasteiger partial charge on any atom is 0.127 e. The molecule has 0 spiro atoms. The summed E-state index contributed by atoms with van der Waals surface area (Å²) in [5, 5.41) is 13.8. The van der Waals surface area contributed by atoms with Crippen LogP contribution in [0.15, 0.2) is 24.3 Å². The van der Waals surface area contributed by atoms with Crippen LogP contribution in [0.25, 0.3) is 10.6 Å². The fraction of sp³-hybridized carbons (Fsp3) is 0.375. The average molecular weight is 300 g/mol. The highest BCUT2D eigenvalue weighted by atomic mass is 32.1. The van der Waals surface area contributed by atoms with E-state index >= 15 is 0 Å². The molecule has 1 aliphatic rings. The molecular formula is C16H20N4S. The van der Waals surface area contributed by atoms with Crippen LogP contribution in [0, 0.1) is 5.41 Å². The molecule has 1 aliphatic heterocycles. The van der Waals surface area contributed by atoms with Gasteiger partial charge in [0.15, 0.2) is 0 Å². The maximum atomic E-state index is 7.99. The van der Waals surface area contributed by atoms with E-state index in [1.807, 2.05) is 31.1 Å². The van der Waals surface area contributed by atoms with E-state index in [0.29, 0.717) is 5.84 Å². The first-order valence-electron chi connectivity index (χ1n) is 7.25. The van der Waals surface area contributed by atoms with Crippen molar-refractivity contribution >= 4 is 22.2 Å². The molecule has 4 nitrogen and oxygen atoms in total. The third-order valence-electron chi connectivity index (χ3n) is 3.68. The Balaban J connectivity index is 1.86. The topological polar surface area (TPSA) is 52.0 Å². The zero-order valence-electron chi connectivity index (χ0n) is 12.4. The number of nitrogens with zero attached hydrogens (tertiary/aromatic N) is 2. The van der Waals surface area contributed by atoms with Gasteiger partial charge in [0.25, 0.3) is 0 Å². The number of anilines is 1. The SMILES string of the molecule is CN(C)C(=N)c1ccc(-c2nc3c(s2)NCCCC3)cc1. The lowest BCUT2D eigenvalue weighted by Gasteiger charge is -2.13. The van der Waals surface area contributed by atoms with E-state index in [2.05, 4.69) is 17.4 Å². The molecule has 0 amide bonds. The number of aryl methyl sites for hydroxylation is 1. The lowest BCUT2D eigenvalue weighted by Crippen LogP contribution is -2.21. The third-order valence-corrected chi connectivity index (χ3v) is 4.78. The minimum absolute atomic E-state index is 0.526. The lowest BCUT2D eigenvalue weighted by molar-refractivity contribution is 0.619. The van der Waals surface area contributed by atoms with Gasteiger partial charge in [0.1, 0.15) is 15.8 Å². The maximum absolute atomic E-state index is 7.99. The van der Waals surface area contributed by atoms with Gasteiger partial charge in [0, 0.05) is 31.8 Å². The van der Waals surface area contributed by atoms with Crippen molar-refractivity contribution in [1.29, 1.82) is 5.41 Å². The molecule has 2 N–H and O–H groups in total. The van der Waals surface area contributed by atoms with Gasteiger partial charge in [0.2, 0.25) is 0 Å². The van der Waals surface area contributed by atoms with E-state index in [0.717, 1.165) is 29.1 Å². The fourth-order valence-corrected chi connectivity index (χ4v) is 3.47. The summed E-state index contributed by atoms with van der Waals surface area (Å²) in [5.41, 5.74) is 3.27. The molecule has 0 saturated carbocycles. The van der Waals surface area contributed by atoms with Crippen LogP contribution in [0.2, 0.25) is 0 Å². The van der Waals surface area contributed by atoms with E-state index in [9.17, 15) is 0 Å². The molecule has 1 aromatic carbocycles. The number of hydrogen-bond acceptors (Lipinski definition) is 4. The predicted octanol–water partition coefficient (Wildman–Crippen LogP) is 3.45. The van der Waals surface area contributed by atoms with Crippen molar-refractivity contribution in [2.75, 3.05) is 26.0 Å². The molecule has 2 aromatic rings. The van der Waals surface area contributed by atoms with Gasteiger partial charge in [-0.1, -0.05) is 35.6 Å². The van der Waals surface area contributed by atoms with Crippen LogP contribution in [0.4, 0.5) is 5.00 Å². The first-order valence-corrected chi connectivity index (χ1v) is 8.07. The number of amidine groups is 1. The normalized spacial score (nSPS) is 14.0. The molecule has 0 unspecified atom stereocenters. The zero-order valence-corrected chi connectivity index (χ0v) is 13.3. The fourth-order valence-electron chi connectivity index (χ4n) is 2.43. The monoisotopic (exact) mass is 300 g/mol. The molecule has 21 heavy (non-hydrogen) atoms. The summed E-state index contributed by atoms with van der Waals surface area (Å²) < 4.78 is 0. The summed E-state index contributed by atoms with van der Waals surface area (Å²) >= 11 is 1.74. The van der Waals surface area contributed by atoms with Crippen LogP contribution in [-0.2, 0) is 6.42 Å². The van der Waals surface area contributed by atoms with E-state index in [1.54, 1.807) is 11.3 Å². The van der Waals surface area contributed by atoms with Crippen LogP contribution in [0.3, 0.4) is 0 Å². The number of benzene rings is 1. The second-order valence-corrected chi connectivity index (χ2v) is 6.50. The van der Waals surface area contributed by atoms with Crippen LogP contribution < -0.4 is 5.32 Å². The standard InChI is InChI=1S/C16H20N4S/c1-20(2)14(17)11-6-8-12(9-7-11)15-19-13-5-3-4-10-18-16(13)21-15/h6-9,17-18H,3-5,10H2,1-2H3. The van der Waals surface area contributed by atoms with Crippen molar-refractivity contribution in [2.24, 2.45) is 0 Å². The number of thiazole rings is 1. The van der Waals surface area contributed by atoms with Crippen molar-refractivity contribution in [3.05, 3.63) is 35.5 Å². The van der Waals surface area contributed by atoms with Gasteiger partial charge < -0.3 is 10.2 Å². The quantitative estimate of drug-likeness (QED) is 0.660. The molecule has 0 fully saturated rings. The van der Waals surface area contributed by atoms with Gasteiger partial charge in [0.05, 0.1) is 5.69 Å². The summed E-state index contributed by atoms with van der Waals surface area (Å²) in [6, 6.07) is 8.12. The summed E-state index contributed by atoms with van der Waals surface area (Å²) in [6.07, 6.45) is 3.50. The number of fused-ring (bicyclic) bond motifs is 1. The molecule has 3 rings (SSSR count). The average Bonchev–Trinajstić information content (AvgIpc) is 2.77. The molecule has 1 aromatic heterocycles. The Kier molecular flexibility index (Phi) is 3.92. The minimum atomic E-state index is 0.526. The number of rotatable bonds is 2. The lowest BCUT2D eigenvalue weighted by atomic mass is 10.1. The van der Waals surface area contributed by atoms with Gasteiger partial charge >= 0.3 is 0 Å². The van der Waals surface area contributed by atoms with Crippen LogP contribution in [0.5, 0.6) is 0 Å². The highest BCUT2D eigenvalue weighted by Crippen LogP contribution is 2.34. The summed E-state index contributed by atoms with van der Waals surface area (Å²) in [5.74, 6) is 0.526. The van der Waals surface area contributed by atoms with Crippen LogP contribution in [-0.4, -0.2) is 36.4 Å². The van der Waals surface area contributed by atoms with Crippen LogP contribution in [0.1, 0.15) is 24.1 Å². The van der Waals surface area contributed by atoms with Crippen molar-refractivity contribution in [3.63, 3.8) is 0 Å². The Morgan fingerprint density at radius 2 is 2.00 bits per heavy atom. The summed E-state index contributed by atoms with van der Waals surface area (Å²) in [7, 11) is 3.78. The van der Waals surface area contributed by atoms with Gasteiger partial charge in [-0.2, -0.15) is 0 Å². The highest BCUT2D eigenvalue weighted by molar-refractivity contribution is 7.19. The van der Waals surface area contributed by atoms with Gasteiger partial charge in [-0.05, 0) is 19.3 Å². The molecule has 5 heteroatoms. The first kappa shape index (κ1) is 14.1. The summed E-state index contributed by atoms with van der Waals surface area (Å²) in [4.78, 5) is 6.59. The minimum Gasteiger partial charge on any atom is -0.375 e. The number of nitrogens with one attached hydrogen (secondary N) is 2. The Morgan fingerprint density at radius 1 is 1.24 bits per heavy atom. The number of hydrogen-bond donors (Lipinski definition) is 2. The van der Waals surface area contributed by atoms with Crippen molar-refractivity contribution in [2.45, 2.75) is 19.3 Å². The number of aromatic nitrogens is 1. The Hall–Kier alpha value is -1.88. The van der Waals surface area contributed by atoms with Crippen LogP contribution >= 0.6 is 11.3 Å². The second kappa shape index (κ2) is 5.85. The molecule has 0 radical (unpaired) electrons. The first-order chi connectivity index (χ1) is 10.1. The van der Waals surface area contributed by atoms with E-state index in [-0.39, 0.29) is 0 Å². The van der Waals surface area contributed by atoms with Crippen molar-refractivity contribution in [3.8, 4) is 10.6 Å². The smallest absolute Gasteiger partial charge is 0.127 e. The zero-order chi connectivity index (χ0) is 14.8. The van der Waals surface area contributed by atoms with Gasteiger partial charge in [-0.25, -0.2) is 4.98 Å². The second-order valence-electron chi connectivity index (χ2n) is 5.50. The van der Waals surface area contributed by atoms with Crippen molar-refractivity contribution < 1.29 is 0 Å². The molecule has 0 bridgehead atoms. The molecule has 0 saturated heterocycles. The largest absolute Gasteiger partial charge is 0.375 e. The van der Waals surface area contributed by atoms with E-state index < -0.39 is 0 Å². The van der Waals surface area contributed by atoms with Gasteiger partial charge in [-0.15, -0.1) is 0 Å². The molecular weight excluding hydrogens is 280 g/mol. The molecule has 110 valence electrons. The molecule has 0 aliphatic carbocycles. The van der Waals surface area contributed by atoms with Gasteiger partial charge in [-0.3, -0.25) is 5.41 Å². The Labute approximate surface area is 129 Å².